The van der Waals surface area contributed by atoms with E-state index in [1.807, 2.05) is 6.07 Å². The highest BCUT2D eigenvalue weighted by Crippen LogP contribution is 2.43. The van der Waals surface area contributed by atoms with Crippen LogP contribution < -0.4 is 4.90 Å². The first-order valence-electron chi connectivity index (χ1n) is 8.51. The molecule has 1 aliphatic carbocycles. The van der Waals surface area contributed by atoms with E-state index in [1.54, 1.807) is 29.3 Å². The number of rotatable bonds is 2. The SMILES string of the molecule is O=C1CCCC2=C1C(c1cccc(F)c1)CC(=O)N2c1ccc(Br)cn1. The molecule has 26 heavy (non-hydrogen) atoms. The third-order valence-corrected chi connectivity index (χ3v) is 5.34. The van der Waals surface area contributed by atoms with Gasteiger partial charge in [-0.2, -0.15) is 0 Å². The van der Waals surface area contributed by atoms with Crippen LogP contribution in [-0.2, 0) is 9.59 Å². The molecule has 1 aromatic heterocycles. The molecule has 0 fully saturated rings. The average Bonchev–Trinajstić information content (AvgIpc) is 2.62. The highest BCUT2D eigenvalue weighted by atomic mass is 79.9. The maximum Gasteiger partial charge on any atom is 0.233 e. The molecule has 1 atom stereocenters. The number of Topliss-reactive ketones (excluding diaryl/α,β-unsaturated/α-hetero) is 1. The first kappa shape index (κ1) is 17.1. The number of pyridine rings is 1. The molecule has 2 heterocycles. The molecule has 132 valence electrons. The van der Waals surface area contributed by atoms with E-state index in [0.29, 0.717) is 41.9 Å². The Balaban J connectivity index is 1.85. The van der Waals surface area contributed by atoms with E-state index in [2.05, 4.69) is 20.9 Å². The van der Waals surface area contributed by atoms with E-state index in [-0.39, 0.29) is 23.9 Å². The van der Waals surface area contributed by atoms with Gasteiger partial charge >= 0.3 is 0 Å². The summed E-state index contributed by atoms with van der Waals surface area (Å²) in [6, 6.07) is 9.75. The Morgan fingerprint density at radius 1 is 1.15 bits per heavy atom. The van der Waals surface area contributed by atoms with Crippen molar-refractivity contribution in [3.63, 3.8) is 0 Å². The van der Waals surface area contributed by atoms with Gasteiger partial charge in [0.05, 0.1) is 0 Å². The smallest absolute Gasteiger partial charge is 0.233 e. The molecule has 0 saturated heterocycles. The Morgan fingerprint density at radius 2 is 2.00 bits per heavy atom. The summed E-state index contributed by atoms with van der Waals surface area (Å²) in [5, 5.41) is 0. The molecule has 2 aromatic rings. The van der Waals surface area contributed by atoms with Crippen LogP contribution in [0.2, 0.25) is 0 Å². The van der Waals surface area contributed by atoms with Gasteiger partial charge in [0.25, 0.3) is 0 Å². The van der Waals surface area contributed by atoms with Crippen molar-refractivity contribution in [3.8, 4) is 0 Å². The van der Waals surface area contributed by atoms with Gasteiger partial charge < -0.3 is 0 Å². The Labute approximate surface area is 158 Å². The maximum atomic E-state index is 13.7. The quantitative estimate of drug-likeness (QED) is 0.725. The number of ketones is 1. The molecule has 0 radical (unpaired) electrons. The van der Waals surface area contributed by atoms with Gasteiger partial charge in [-0.25, -0.2) is 9.37 Å². The van der Waals surface area contributed by atoms with Crippen LogP contribution in [0, 0.1) is 5.82 Å². The molecule has 4 nitrogen and oxygen atoms in total. The molecular weight excluding hydrogens is 399 g/mol. The van der Waals surface area contributed by atoms with Crippen molar-refractivity contribution in [1.82, 2.24) is 4.98 Å². The van der Waals surface area contributed by atoms with Crippen LogP contribution in [0.25, 0.3) is 0 Å². The monoisotopic (exact) mass is 414 g/mol. The molecule has 1 unspecified atom stereocenters. The van der Waals surface area contributed by atoms with Crippen molar-refractivity contribution >= 4 is 33.4 Å². The van der Waals surface area contributed by atoms with Crippen molar-refractivity contribution in [2.45, 2.75) is 31.6 Å². The number of hydrogen-bond donors (Lipinski definition) is 0. The zero-order valence-corrected chi connectivity index (χ0v) is 15.5. The van der Waals surface area contributed by atoms with Crippen LogP contribution >= 0.6 is 15.9 Å². The molecule has 1 aliphatic heterocycles. The molecule has 6 heteroatoms. The second-order valence-electron chi connectivity index (χ2n) is 6.51. The summed E-state index contributed by atoms with van der Waals surface area (Å²) < 4.78 is 14.5. The van der Waals surface area contributed by atoms with Gasteiger partial charge in [0, 0.05) is 40.7 Å². The van der Waals surface area contributed by atoms with Gasteiger partial charge in [-0.1, -0.05) is 12.1 Å². The van der Waals surface area contributed by atoms with E-state index >= 15 is 0 Å². The minimum atomic E-state index is -0.396. The first-order valence-corrected chi connectivity index (χ1v) is 9.30. The van der Waals surface area contributed by atoms with Gasteiger partial charge in [0.15, 0.2) is 5.78 Å². The van der Waals surface area contributed by atoms with Crippen LogP contribution in [0.1, 0.15) is 37.2 Å². The van der Waals surface area contributed by atoms with E-state index in [0.717, 1.165) is 4.47 Å². The fourth-order valence-corrected chi connectivity index (χ4v) is 4.00. The Morgan fingerprint density at radius 3 is 2.73 bits per heavy atom. The van der Waals surface area contributed by atoms with Crippen molar-refractivity contribution in [3.05, 3.63) is 69.7 Å². The summed E-state index contributed by atoms with van der Waals surface area (Å²) in [5.41, 5.74) is 2.01. The fourth-order valence-electron chi connectivity index (χ4n) is 3.77. The van der Waals surface area contributed by atoms with Gasteiger partial charge in [0.2, 0.25) is 5.91 Å². The topological polar surface area (TPSA) is 50.3 Å². The van der Waals surface area contributed by atoms with Crippen molar-refractivity contribution < 1.29 is 14.0 Å². The average molecular weight is 415 g/mol. The largest absolute Gasteiger partial charge is 0.294 e. The lowest BCUT2D eigenvalue weighted by atomic mass is 9.77. The summed E-state index contributed by atoms with van der Waals surface area (Å²) in [5.74, 6) is -0.333. The van der Waals surface area contributed by atoms with Gasteiger partial charge in [-0.3, -0.25) is 14.5 Å². The highest BCUT2D eigenvalue weighted by molar-refractivity contribution is 9.10. The van der Waals surface area contributed by atoms with Crippen LogP contribution in [0.5, 0.6) is 0 Å². The molecule has 0 saturated carbocycles. The summed E-state index contributed by atoms with van der Waals surface area (Å²) in [7, 11) is 0. The number of halogens is 2. The summed E-state index contributed by atoms with van der Waals surface area (Å²) >= 11 is 3.34. The Hall–Kier alpha value is -2.34. The van der Waals surface area contributed by atoms with Crippen LogP contribution in [-0.4, -0.2) is 16.7 Å². The summed E-state index contributed by atoms with van der Waals surface area (Å²) in [4.78, 5) is 31.6. The number of anilines is 1. The van der Waals surface area contributed by atoms with E-state index < -0.39 is 5.92 Å². The molecule has 1 aromatic carbocycles. The lowest BCUT2D eigenvalue weighted by Crippen LogP contribution is -2.41. The van der Waals surface area contributed by atoms with E-state index in [4.69, 9.17) is 0 Å². The molecule has 2 aliphatic rings. The predicted molar refractivity (Wildman–Crippen MR) is 99.1 cm³/mol. The lowest BCUT2D eigenvalue weighted by Gasteiger charge is -2.37. The second-order valence-corrected chi connectivity index (χ2v) is 7.43. The summed E-state index contributed by atoms with van der Waals surface area (Å²) in [6.07, 6.45) is 3.56. The predicted octanol–water partition coefficient (Wildman–Crippen LogP) is 4.51. The van der Waals surface area contributed by atoms with Crippen LogP contribution in [0.4, 0.5) is 10.2 Å². The minimum Gasteiger partial charge on any atom is -0.294 e. The van der Waals surface area contributed by atoms with Gasteiger partial charge in [0.1, 0.15) is 11.6 Å². The first-order chi connectivity index (χ1) is 12.5. The lowest BCUT2D eigenvalue weighted by molar-refractivity contribution is -0.120. The highest BCUT2D eigenvalue weighted by Gasteiger charge is 2.40. The third-order valence-electron chi connectivity index (χ3n) is 4.87. The number of nitrogens with zero attached hydrogens (tertiary/aromatic N) is 2. The molecule has 0 N–H and O–H groups in total. The number of amides is 1. The molecular formula is C20H16BrFN2O2. The summed E-state index contributed by atoms with van der Waals surface area (Å²) in [6.45, 7) is 0. The van der Waals surface area contributed by atoms with Crippen LogP contribution in [0.15, 0.2) is 58.3 Å². The minimum absolute atomic E-state index is 0.0372. The van der Waals surface area contributed by atoms with Crippen molar-refractivity contribution in [2.24, 2.45) is 0 Å². The maximum absolute atomic E-state index is 13.7. The third kappa shape index (κ3) is 2.98. The molecule has 1 amide bonds. The number of aromatic nitrogens is 1. The second kappa shape index (κ2) is 6.76. The Kier molecular flexibility index (Phi) is 4.44. The number of allylic oxidation sites excluding steroid dienone is 2. The van der Waals surface area contributed by atoms with Crippen molar-refractivity contribution in [2.75, 3.05) is 4.90 Å². The number of carbonyl (C=O) groups is 2. The molecule has 4 rings (SSSR count). The van der Waals surface area contributed by atoms with Crippen LogP contribution in [0.3, 0.4) is 0 Å². The standard InChI is InChI=1S/C20H16BrFN2O2/c21-13-7-8-18(23-11-13)24-16-5-2-6-17(25)20(16)15(10-19(24)26)12-3-1-4-14(22)9-12/h1,3-4,7-9,11,15H,2,5-6,10H2. The number of hydrogen-bond acceptors (Lipinski definition) is 3. The zero-order chi connectivity index (χ0) is 18.3. The molecule has 0 spiro atoms. The zero-order valence-electron chi connectivity index (χ0n) is 13.9. The van der Waals surface area contributed by atoms with E-state index in [9.17, 15) is 14.0 Å². The normalized spacial score (nSPS) is 20.4. The Bertz CT molecular complexity index is 924. The molecule has 0 bridgehead atoms. The van der Waals surface area contributed by atoms with Crippen molar-refractivity contribution in [1.29, 1.82) is 0 Å². The van der Waals surface area contributed by atoms with E-state index in [1.165, 1.54) is 12.1 Å². The van der Waals surface area contributed by atoms with Gasteiger partial charge in [-0.15, -0.1) is 0 Å². The fraction of sp³-hybridized carbons (Fsp3) is 0.250. The number of carbonyl (C=O) groups excluding carboxylic acids is 2. The van der Waals surface area contributed by atoms with Gasteiger partial charge in [-0.05, 0) is 58.6 Å². The number of benzene rings is 1.